The van der Waals surface area contributed by atoms with E-state index in [2.05, 4.69) is 15.2 Å². The monoisotopic (exact) mass is 488 g/mol. The van der Waals surface area contributed by atoms with E-state index < -0.39 is 0 Å². The number of nitrogens with zero attached hydrogens (tertiary/aromatic N) is 3. The molecule has 1 amide bonds. The second-order valence-corrected chi connectivity index (χ2v) is 8.94. The number of carbonyl (C=O) groups is 1. The van der Waals surface area contributed by atoms with Crippen LogP contribution in [-0.4, -0.2) is 53.0 Å². The fraction of sp³-hybridized carbons (Fsp3) is 0.286. The predicted molar refractivity (Wildman–Crippen MR) is 135 cm³/mol. The van der Waals surface area contributed by atoms with Crippen LogP contribution in [0.15, 0.2) is 73.1 Å². The Morgan fingerprint density at radius 1 is 1.06 bits per heavy atom. The summed E-state index contributed by atoms with van der Waals surface area (Å²) in [7, 11) is 0. The number of pyridine rings is 1. The number of ether oxygens (including phenoxy) is 2. The number of imidazole rings is 1. The molecule has 7 nitrogen and oxygen atoms in total. The van der Waals surface area contributed by atoms with Crippen molar-refractivity contribution in [3.8, 4) is 5.75 Å². The highest BCUT2D eigenvalue weighted by atomic mass is 19.1. The molecule has 186 valence electrons. The average molecular weight is 489 g/mol. The third-order valence-electron chi connectivity index (χ3n) is 6.35. The molecular weight excluding hydrogens is 459 g/mol. The summed E-state index contributed by atoms with van der Waals surface area (Å²) in [5.74, 6) is 0.219. The lowest BCUT2D eigenvalue weighted by Gasteiger charge is -2.35. The fourth-order valence-electron chi connectivity index (χ4n) is 4.41. The number of carbonyl (C=O) groups excluding carboxylic acids is 1. The van der Waals surface area contributed by atoms with Crippen molar-refractivity contribution in [2.75, 3.05) is 32.8 Å². The molecule has 8 heteroatoms. The Kier molecular flexibility index (Phi) is 7.25. The van der Waals surface area contributed by atoms with Gasteiger partial charge in [-0.2, -0.15) is 0 Å². The quantitative estimate of drug-likeness (QED) is 0.403. The average Bonchev–Trinajstić information content (AvgIpc) is 3.31. The highest BCUT2D eigenvalue weighted by Gasteiger charge is 2.23. The highest BCUT2D eigenvalue weighted by molar-refractivity contribution is 5.94. The number of aryl methyl sites for hydroxylation is 1. The number of rotatable bonds is 8. The maximum absolute atomic E-state index is 13.5. The molecule has 2 aromatic carbocycles. The molecule has 0 saturated carbocycles. The van der Waals surface area contributed by atoms with E-state index >= 15 is 0 Å². The normalized spacial score (nSPS) is 15.1. The van der Waals surface area contributed by atoms with Gasteiger partial charge in [0.2, 0.25) is 0 Å². The lowest BCUT2D eigenvalue weighted by atomic mass is 10.0. The van der Waals surface area contributed by atoms with Crippen molar-refractivity contribution in [2.45, 2.75) is 19.6 Å². The number of morpholine rings is 1. The highest BCUT2D eigenvalue weighted by Crippen LogP contribution is 2.22. The molecule has 1 aliphatic rings. The zero-order chi connectivity index (χ0) is 24.9. The third kappa shape index (κ3) is 5.72. The van der Waals surface area contributed by atoms with Gasteiger partial charge in [0.05, 0.1) is 24.9 Å². The number of amides is 1. The van der Waals surface area contributed by atoms with Crippen molar-refractivity contribution < 1.29 is 18.7 Å². The molecule has 1 atom stereocenters. The summed E-state index contributed by atoms with van der Waals surface area (Å²) in [5, 5.41) is 3.04. The lowest BCUT2D eigenvalue weighted by molar-refractivity contribution is 0.0162. The Hall–Kier alpha value is -3.75. The van der Waals surface area contributed by atoms with Crippen LogP contribution in [0.5, 0.6) is 5.75 Å². The van der Waals surface area contributed by atoms with Gasteiger partial charge in [0.15, 0.2) is 0 Å². The molecule has 1 saturated heterocycles. The van der Waals surface area contributed by atoms with Crippen molar-refractivity contribution in [3.63, 3.8) is 0 Å². The molecular formula is C28H29FN4O3. The van der Waals surface area contributed by atoms with Gasteiger partial charge in [-0.05, 0) is 60.5 Å². The maximum Gasteiger partial charge on any atom is 0.251 e. The van der Waals surface area contributed by atoms with E-state index in [1.807, 2.05) is 35.9 Å². The van der Waals surface area contributed by atoms with Gasteiger partial charge in [-0.15, -0.1) is 0 Å². The molecule has 1 unspecified atom stereocenters. The third-order valence-corrected chi connectivity index (χ3v) is 6.35. The molecule has 0 bridgehead atoms. The van der Waals surface area contributed by atoms with Crippen molar-refractivity contribution in [3.05, 3.63) is 101 Å². The van der Waals surface area contributed by atoms with E-state index in [0.29, 0.717) is 37.7 Å². The van der Waals surface area contributed by atoms with E-state index in [9.17, 15) is 9.18 Å². The Balaban J connectivity index is 1.19. The molecule has 3 heterocycles. The van der Waals surface area contributed by atoms with Crippen LogP contribution in [-0.2, 0) is 11.3 Å². The molecule has 0 aliphatic carbocycles. The van der Waals surface area contributed by atoms with Crippen LogP contribution in [0, 0.1) is 12.7 Å². The second-order valence-electron chi connectivity index (χ2n) is 8.94. The van der Waals surface area contributed by atoms with E-state index in [-0.39, 0.29) is 17.8 Å². The minimum Gasteiger partial charge on any atom is -0.487 e. The first-order valence-corrected chi connectivity index (χ1v) is 12.1. The number of fused-ring (bicyclic) bond motifs is 1. The Morgan fingerprint density at radius 3 is 2.56 bits per heavy atom. The summed E-state index contributed by atoms with van der Waals surface area (Å²) in [6.07, 6.45) is 3.98. The number of aromatic nitrogens is 2. The van der Waals surface area contributed by atoms with Crippen LogP contribution in [0.4, 0.5) is 4.39 Å². The molecule has 36 heavy (non-hydrogen) atoms. The largest absolute Gasteiger partial charge is 0.487 e. The summed E-state index contributed by atoms with van der Waals surface area (Å²) in [6, 6.07) is 17.5. The van der Waals surface area contributed by atoms with Gasteiger partial charge in [0, 0.05) is 37.6 Å². The van der Waals surface area contributed by atoms with Gasteiger partial charge in [0.25, 0.3) is 5.91 Å². The Morgan fingerprint density at radius 2 is 1.81 bits per heavy atom. The van der Waals surface area contributed by atoms with Crippen molar-refractivity contribution >= 4 is 11.6 Å². The van der Waals surface area contributed by atoms with Crippen LogP contribution in [0.2, 0.25) is 0 Å². The number of hydrogen-bond acceptors (Lipinski definition) is 5. The summed E-state index contributed by atoms with van der Waals surface area (Å²) in [6.45, 7) is 5.59. The molecule has 1 fully saturated rings. The van der Waals surface area contributed by atoms with E-state index in [1.54, 1.807) is 36.4 Å². The van der Waals surface area contributed by atoms with Gasteiger partial charge in [0.1, 0.15) is 23.8 Å². The van der Waals surface area contributed by atoms with Crippen LogP contribution in [0.25, 0.3) is 5.65 Å². The number of hydrogen-bond donors (Lipinski definition) is 1. The van der Waals surface area contributed by atoms with E-state index in [1.165, 1.54) is 12.1 Å². The van der Waals surface area contributed by atoms with E-state index in [0.717, 1.165) is 35.6 Å². The van der Waals surface area contributed by atoms with Crippen molar-refractivity contribution in [2.24, 2.45) is 0 Å². The van der Waals surface area contributed by atoms with Gasteiger partial charge < -0.3 is 19.2 Å². The van der Waals surface area contributed by atoms with Crippen LogP contribution in [0.1, 0.15) is 33.2 Å². The minimum atomic E-state index is -0.276. The second kappa shape index (κ2) is 10.9. The summed E-state index contributed by atoms with van der Waals surface area (Å²) in [4.78, 5) is 19.7. The number of halogens is 1. The summed E-state index contributed by atoms with van der Waals surface area (Å²) >= 11 is 0. The summed E-state index contributed by atoms with van der Waals surface area (Å²) < 4.78 is 26.8. The SMILES string of the molecule is Cc1ccc2nc(COc3ccc(C(=O)NCC(c4ccc(F)cc4)N4CCOCC4)cc3)cn2c1. The van der Waals surface area contributed by atoms with Crippen molar-refractivity contribution in [1.82, 2.24) is 19.6 Å². The molecule has 2 aromatic heterocycles. The van der Waals surface area contributed by atoms with Gasteiger partial charge in [-0.3, -0.25) is 9.69 Å². The van der Waals surface area contributed by atoms with Gasteiger partial charge in [-0.1, -0.05) is 18.2 Å². The van der Waals surface area contributed by atoms with Gasteiger partial charge >= 0.3 is 0 Å². The smallest absolute Gasteiger partial charge is 0.251 e. The van der Waals surface area contributed by atoms with Crippen LogP contribution in [0.3, 0.4) is 0 Å². The van der Waals surface area contributed by atoms with E-state index in [4.69, 9.17) is 9.47 Å². The fourth-order valence-corrected chi connectivity index (χ4v) is 4.41. The molecule has 1 aliphatic heterocycles. The standard InChI is InChI=1S/C28H29FN4O3/c1-20-2-11-27-31-24(18-33(27)17-20)19-36-25-9-5-22(6-10-25)28(34)30-16-26(32-12-14-35-15-13-32)21-3-7-23(29)8-4-21/h2-11,17-18,26H,12-16,19H2,1H3,(H,30,34). The molecule has 0 spiro atoms. The number of nitrogens with one attached hydrogen (secondary N) is 1. The molecule has 1 N–H and O–H groups in total. The first-order valence-electron chi connectivity index (χ1n) is 12.1. The first kappa shape index (κ1) is 24.0. The Bertz CT molecular complexity index is 1320. The zero-order valence-corrected chi connectivity index (χ0v) is 20.2. The van der Waals surface area contributed by atoms with Crippen LogP contribution >= 0.6 is 0 Å². The minimum absolute atomic E-state index is 0.0599. The maximum atomic E-state index is 13.5. The first-order chi connectivity index (χ1) is 17.5. The molecule has 5 rings (SSSR count). The molecule has 0 radical (unpaired) electrons. The summed E-state index contributed by atoms with van der Waals surface area (Å²) in [5.41, 5.74) is 4.38. The topological polar surface area (TPSA) is 68.1 Å². The number of benzene rings is 2. The Labute approximate surface area is 209 Å². The van der Waals surface area contributed by atoms with Gasteiger partial charge in [-0.25, -0.2) is 9.37 Å². The predicted octanol–water partition coefficient (Wildman–Crippen LogP) is 4.16. The molecule has 4 aromatic rings. The zero-order valence-electron chi connectivity index (χ0n) is 20.2. The van der Waals surface area contributed by atoms with Crippen LogP contribution < -0.4 is 10.1 Å². The lowest BCUT2D eigenvalue weighted by Crippen LogP contribution is -2.43. The van der Waals surface area contributed by atoms with Crippen molar-refractivity contribution in [1.29, 1.82) is 0 Å².